The van der Waals surface area contributed by atoms with Crippen molar-refractivity contribution >= 4 is 13.4 Å². The average molecular weight is 157 g/mol. The second kappa shape index (κ2) is 5.37. The molecule has 0 aliphatic rings. The monoisotopic (exact) mass is 158 g/mol. The predicted octanol–water partition coefficient (Wildman–Crippen LogP) is -8.99. The van der Waals surface area contributed by atoms with Crippen molar-refractivity contribution in [3.05, 3.63) is 0 Å². The van der Waals surface area contributed by atoms with Gasteiger partial charge in [0.2, 0.25) is 0 Å². The molecule has 0 fully saturated rings. The van der Waals surface area contributed by atoms with E-state index in [0.29, 0.717) is 0 Å². The third kappa shape index (κ3) is 130. The summed E-state index contributed by atoms with van der Waals surface area (Å²) in [4.78, 5) is 0. The van der Waals surface area contributed by atoms with Gasteiger partial charge in [-0.25, -0.2) is 0 Å². The Morgan fingerprint density at radius 1 is 1.00 bits per heavy atom. The summed E-state index contributed by atoms with van der Waals surface area (Å²) in [6.45, 7) is 0. The summed E-state index contributed by atoms with van der Waals surface area (Å²) in [5, 5.41) is 0. The fourth-order valence-corrected chi connectivity index (χ4v) is 0. The van der Waals surface area contributed by atoms with E-state index in [1.54, 1.807) is 0 Å². The van der Waals surface area contributed by atoms with Crippen molar-refractivity contribution in [3.63, 3.8) is 0 Å². The van der Waals surface area contributed by atoms with E-state index < -0.39 is 13.4 Å². The van der Waals surface area contributed by atoms with Gasteiger partial charge in [0, 0.05) is 0 Å². The molecule has 0 unspecified atom stereocenters. The first-order chi connectivity index (χ1) is 2.00. The standard InChI is InChI=1S/2Li.H2O4Se/c;;1-5(2,3)4/h;;(H2,1,2,3,4)/q2*+1;/p-2. The SMILES string of the molecule is O=[Se](=O)([O-])[O-].[Li+].[Li+]. The summed E-state index contributed by atoms with van der Waals surface area (Å²) in [5.74, 6) is 0. The van der Waals surface area contributed by atoms with Crippen molar-refractivity contribution < 1.29 is 53.8 Å². The van der Waals surface area contributed by atoms with Gasteiger partial charge in [-0.15, -0.1) is 0 Å². The van der Waals surface area contributed by atoms with Crippen LogP contribution in [0.15, 0.2) is 0 Å². The van der Waals surface area contributed by atoms with Gasteiger partial charge in [-0.2, -0.15) is 0 Å². The van der Waals surface area contributed by atoms with Gasteiger partial charge in [-0.1, -0.05) is 0 Å². The Balaban J connectivity index is -0.0000000800. The van der Waals surface area contributed by atoms with E-state index >= 15 is 0 Å². The molecule has 0 rings (SSSR count). The van der Waals surface area contributed by atoms with Crippen LogP contribution in [0.5, 0.6) is 0 Å². The Bertz CT molecular complexity index is 92.9. The first-order valence-electron chi connectivity index (χ1n) is 0.667. The summed E-state index contributed by atoms with van der Waals surface area (Å²) in [6, 6.07) is 0. The van der Waals surface area contributed by atoms with Gasteiger partial charge in [-0.05, 0) is 0 Å². The van der Waals surface area contributed by atoms with Crippen LogP contribution in [0.2, 0.25) is 0 Å². The molecule has 0 aromatic rings. The zero-order chi connectivity index (χ0) is 4.50. The molecule has 0 spiro atoms. The Morgan fingerprint density at radius 3 is 1.00 bits per heavy atom. The first-order valence-corrected chi connectivity index (χ1v) is 3.46. The third-order valence-corrected chi connectivity index (χ3v) is 0. The molecular formula is Li2O4Se. The molecule has 0 atom stereocenters. The topological polar surface area (TPSA) is 80.3 Å². The minimum atomic E-state index is -5.75. The van der Waals surface area contributed by atoms with Gasteiger partial charge >= 0.3 is 67.1 Å². The van der Waals surface area contributed by atoms with Crippen molar-refractivity contribution in [2.24, 2.45) is 0 Å². The molecule has 7 heavy (non-hydrogen) atoms. The van der Waals surface area contributed by atoms with Crippen LogP contribution < -0.4 is 46.1 Å². The van der Waals surface area contributed by atoms with E-state index in [1.807, 2.05) is 0 Å². The second-order valence-electron chi connectivity index (χ2n) is 0.408. The van der Waals surface area contributed by atoms with Crippen molar-refractivity contribution in [2.45, 2.75) is 0 Å². The van der Waals surface area contributed by atoms with Gasteiger partial charge in [0.15, 0.2) is 0 Å². The number of hydrogen-bond acceptors (Lipinski definition) is 4. The van der Waals surface area contributed by atoms with Gasteiger partial charge in [0.25, 0.3) is 0 Å². The van der Waals surface area contributed by atoms with Crippen molar-refractivity contribution in [1.29, 1.82) is 0 Å². The third-order valence-electron chi connectivity index (χ3n) is 0. The summed E-state index contributed by atoms with van der Waals surface area (Å²) in [7, 11) is 0. The van der Waals surface area contributed by atoms with Crippen LogP contribution in [-0.2, 0) is 7.67 Å². The number of hydrogen-bond donors (Lipinski definition) is 0. The predicted molar refractivity (Wildman–Crippen MR) is 7.13 cm³/mol. The van der Waals surface area contributed by atoms with E-state index in [-0.39, 0.29) is 37.7 Å². The Labute approximate surface area is 66.9 Å². The van der Waals surface area contributed by atoms with Crippen LogP contribution in [0.25, 0.3) is 0 Å². The molecule has 0 saturated heterocycles. The molecular weight excluding hydrogens is 157 g/mol. The largest absolute Gasteiger partial charge is 1.00 e. The molecule has 0 amide bonds. The smallest absolute Gasteiger partial charge is 1.00 e. The zero-order valence-electron chi connectivity index (χ0n) is 4.04. The Kier molecular flexibility index (Phi) is 12.1. The normalized spacial score (nSPS) is 8.29. The quantitative estimate of drug-likeness (QED) is 0.327. The molecule has 4 nitrogen and oxygen atoms in total. The average Bonchev–Trinajstić information content (AvgIpc) is 0.722. The summed E-state index contributed by atoms with van der Waals surface area (Å²) in [5.41, 5.74) is 0. The summed E-state index contributed by atoms with van der Waals surface area (Å²) in [6.07, 6.45) is 0. The van der Waals surface area contributed by atoms with Crippen molar-refractivity contribution in [1.82, 2.24) is 0 Å². The van der Waals surface area contributed by atoms with Crippen LogP contribution in [0.4, 0.5) is 0 Å². The van der Waals surface area contributed by atoms with Crippen LogP contribution >= 0.6 is 0 Å². The molecule has 7 heteroatoms. The number of rotatable bonds is 0. The first kappa shape index (κ1) is 15.7. The maximum Gasteiger partial charge on any atom is 1.00 e. The molecule has 0 heterocycles. The van der Waals surface area contributed by atoms with Crippen LogP contribution in [0.1, 0.15) is 0 Å². The van der Waals surface area contributed by atoms with Crippen LogP contribution in [0, 0.1) is 0 Å². The summed E-state index contributed by atoms with van der Waals surface area (Å²) >= 11 is -5.75. The summed E-state index contributed by atoms with van der Waals surface area (Å²) < 4.78 is 34.4. The van der Waals surface area contributed by atoms with Gasteiger partial charge < -0.3 is 0 Å². The molecule has 0 N–H and O–H groups in total. The van der Waals surface area contributed by atoms with Gasteiger partial charge in [-0.3, -0.25) is 0 Å². The van der Waals surface area contributed by atoms with E-state index in [2.05, 4.69) is 0 Å². The fourth-order valence-electron chi connectivity index (χ4n) is 0. The Hall–Kier alpha value is 1.23. The molecule has 0 bridgehead atoms. The van der Waals surface area contributed by atoms with Crippen molar-refractivity contribution in [2.75, 3.05) is 0 Å². The van der Waals surface area contributed by atoms with E-state index in [1.165, 1.54) is 0 Å². The molecule has 0 aromatic carbocycles. The molecule has 0 radical (unpaired) electrons. The minimum absolute atomic E-state index is 0. The van der Waals surface area contributed by atoms with Crippen LogP contribution in [-0.4, -0.2) is 13.4 Å². The maximum absolute atomic E-state index is 8.59. The molecule has 0 saturated carbocycles. The minimum Gasteiger partial charge on any atom is 1.00 e. The molecule has 0 aromatic heterocycles. The maximum atomic E-state index is 8.59. The van der Waals surface area contributed by atoms with E-state index in [4.69, 9.17) is 16.0 Å². The fraction of sp³-hybridized carbons (Fsp3) is 0. The van der Waals surface area contributed by atoms with Crippen LogP contribution in [0.3, 0.4) is 0 Å². The van der Waals surface area contributed by atoms with Crippen molar-refractivity contribution in [3.8, 4) is 0 Å². The van der Waals surface area contributed by atoms with E-state index in [0.717, 1.165) is 0 Å². The van der Waals surface area contributed by atoms with Gasteiger partial charge in [0.05, 0.1) is 0 Å². The Morgan fingerprint density at radius 2 is 1.00 bits per heavy atom. The van der Waals surface area contributed by atoms with E-state index in [9.17, 15) is 0 Å². The zero-order valence-corrected chi connectivity index (χ0v) is 5.75. The van der Waals surface area contributed by atoms with Gasteiger partial charge in [0.1, 0.15) is 0 Å². The second-order valence-corrected chi connectivity index (χ2v) is 2.12. The molecule has 0 aliphatic heterocycles. The molecule has 32 valence electrons. The molecule has 0 aliphatic carbocycles.